The first kappa shape index (κ1) is 11.6. The number of ketones is 1. The van der Waals surface area contributed by atoms with Crippen molar-refractivity contribution in [2.75, 3.05) is 0 Å². The Morgan fingerprint density at radius 1 is 1.80 bits per heavy atom. The Bertz CT molecular complexity index is 402. The average Bonchev–Trinajstić information content (AvgIpc) is 2.46. The van der Waals surface area contributed by atoms with Crippen molar-refractivity contribution >= 4 is 23.2 Å². The van der Waals surface area contributed by atoms with Gasteiger partial charge in [0.15, 0.2) is 5.02 Å². The predicted molar refractivity (Wildman–Crippen MR) is 53.9 cm³/mol. The third-order valence-electron chi connectivity index (χ3n) is 1.88. The molecule has 1 atom stereocenters. The molecule has 0 spiro atoms. The van der Waals surface area contributed by atoms with Gasteiger partial charge in [0.25, 0.3) is 0 Å². The molecule has 0 amide bonds. The highest BCUT2D eigenvalue weighted by atomic mass is 35.5. The molecule has 1 unspecified atom stereocenters. The van der Waals surface area contributed by atoms with Crippen molar-refractivity contribution < 1.29 is 9.72 Å². The van der Waals surface area contributed by atoms with Gasteiger partial charge in [0.2, 0.25) is 0 Å². The van der Waals surface area contributed by atoms with Crippen molar-refractivity contribution in [3.05, 3.63) is 21.3 Å². The van der Waals surface area contributed by atoms with Gasteiger partial charge in [-0.05, 0) is 18.8 Å². The number of carbonyl (C=O) groups excluding carboxylic acids is 1. The zero-order valence-corrected chi connectivity index (χ0v) is 9.06. The Labute approximate surface area is 91.0 Å². The van der Waals surface area contributed by atoms with E-state index in [1.54, 1.807) is 6.92 Å². The Kier molecular flexibility index (Phi) is 3.41. The zero-order valence-electron chi connectivity index (χ0n) is 8.31. The number of carbonyl (C=O) groups is 1. The molecule has 0 aliphatic carbocycles. The summed E-state index contributed by atoms with van der Waals surface area (Å²) in [6.07, 6.45) is 1.63. The number of hydrogen-bond acceptors (Lipinski definition) is 4. The molecule has 0 N–H and O–H groups in total. The molecule has 15 heavy (non-hydrogen) atoms. The van der Waals surface area contributed by atoms with Crippen LogP contribution >= 0.6 is 11.6 Å². The Morgan fingerprint density at radius 2 is 2.40 bits per heavy atom. The van der Waals surface area contributed by atoms with Crippen molar-refractivity contribution in [1.82, 2.24) is 9.78 Å². The molecule has 0 aliphatic heterocycles. The number of rotatable bonds is 4. The van der Waals surface area contributed by atoms with E-state index >= 15 is 0 Å². The molecule has 1 rings (SSSR count). The lowest BCUT2D eigenvalue weighted by Crippen LogP contribution is -2.09. The van der Waals surface area contributed by atoms with Crippen LogP contribution in [0.5, 0.6) is 0 Å². The molecule has 0 saturated heterocycles. The fraction of sp³-hybridized carbons (Fsp3) is 0.500. The smallest absolute Gasteiger partial charge is 0.358 e. The maximum Gasteiger partial charge on any atom is 0.408 e. The van der Waals surface area contributed by atoms with E-state index in [-0.39, 0.29) is 29.1 Å². The largest absolute Gasteiger partial charge is 0.408 e. The second kappa shape index (κ2) is 4.39. The number of halogens is 1. The van der Waals surface area contributed by atoms with E-state index in [9.17, 15) is 14.9 Å². The van der Waals surface area contributed by atoms with Gasteiger partial charge >= 0.3 is 5.82 Å². The van der Waals surface area contributed by atoms with Crippen molar-refractivity contribution in [1.29, 1.82) is 0 Å². The number of nitro groups is 1. The van der Waals surface area contributed by atoms with Crippen LogP contribution in [-0.4, -0.2) is 20.5 Å². The highest BCUT2D eigenvalue weighted by Gasteiger charge is 2.22. The summed E-state index contributed by atoms with van der Waals surface area (Å²) in [5, 5.41) is 14.1. The Morgan fingerprint density at radius 3 is 2.80 bits per heavy atom. The predicted octanol–water partition coefficient (Wildman–Crippen LogP) is 1.98. The maximum absolute atomic E-state index is 10.8. The first-order valence-electron chi connectivity index (χ1n) is 4.30. The minimum absolute atomic E-state index is 0.00299. The number of aromatic nitrogens is 2. The van der Waals surface area contributed by atoms with Gasteiger partial charge in [0, 0.05) is 6.42 Å². The van der Waals surface area contributed by atoms with Gasteiger partial charge in [-0.15, -0.1) is 0 Å². The summed E-state index contributed by atoms with van der Waals surface area (Å²) in [6.45, 7) is 3.20. The van der Waals surface area contributed by atoms with Crippen LogP contribution in [0.15, 0.2) is 6.20 Å². The van der Waals surface area contributed by atoms with Gasteiger partial charge in [-0.2, -0.15) is 4.68 Å². The van der Waals surface area contributed by atoms with Crippen molar-refractivity contribution in [2.24, 2.45) is 0 Å². The summed E-state index contributed by atoms with van der Waals surface area (Å²) < 4.78 is 1.34. The van der Waals surface area contributed by atoms with Crippen LogP contribution in [0.25, 0.3) is 0 Å². The molecule has 0 aliphatic rings. The summed E-state index contributed by atoms with van der Waals surface area (Å²) in [5.41, 5.74) is 0. The minimum atomic E-state index is -0.653. The normalized spacial score (nSPS) is 12.5. The molecular weight excluding hydrogens is 222 g/mol. The first-order valence-corrected chi connectivity index (χ1v) is 4.68. The number of Topliss-reactive ketones (excluding diaryl/α,β-unsaturated/α-hetero) is 1. The van der Waals surface area contributed by atoms with Crippen LogP contribution < -0.4 is 0 Å². The molecule has 1 aromatic heterocycles. The summed E-state index contributed by atoms with van der Waals surface area (Å²) in [6, 6.07) is -0.228. The summed E-state index contributed by atoms with van der Waals surface area (Å²) in [7, 11) is 0. The monoisotopic (exact) mass is 231 g/mol. The van der Waals surface area contributed by atoms with Gasteiger partial charge in [-0.1, -0.05) is 11.6 Å². The van der Waals surface area contributed by atoms with Gasteiger partial charge in [0.1, 0.15) is 5.78 Å². The minimum Gasteiger partial charge on any atom is -0.358 e. The van der Waals surface area contributed by atoms with Gasteiger partial charge in [-0.3, -0.25) is 4.79 Å². The standard InChI is InChI=1S/C8H10ClN3O3/c1-5(3-6(2)13)11-4-7(9)8(10-11)12(14)15/h4-5H,3H2,1-2H3. The number of nitrogens with zero attached hydrogens (tertiary/aromatic N) is 3. The van der Waals surface area contributed by atoms with Gasteiger partial charge in [0.05, 0.1) is 17.3 Å². The topological polar surface area (TPSA) is 78.0 Å². The van der Waals surface area contributed by atoms with E-state index in [1.165, 1.54) is 17.8 Å². The SMILES string of the molecule is CC(=O)CC(C)n1cc(Cl)c([N+](=O)[O-])n1. The zero-order chi connectivity index (χ0) is 11.6. The lowest BCUT2D eigenvalue weighted by Gasteiger charge is -2.04. The lowest BCUT2D eigenvalue weighted by molar-refractivity contribution is -0.389. The van der Waals surface area contributed by atoms with E-state index < -0.39 is 4.92 Å². The summed E-state index contributed by atoms with van der Waals surface area (Å²) in [4.78, 5) is 20.6. The van der Waals surface area contributed by atoms with E-state index in [1.807, 2.05) is 0 Å². The molecule has 7 heteroatoms. The third-order valence-corrected chi connectivity index (χ3v) is 2.14. The fourth-order valence-electron chi connectivity index (χ4n) is 1.22. The molecule has 82 valence electrons. The highest BCUT2D eigenvalue weighted by molar-refractivity contribution is 6.32. The molecule has 0 aromatic carbocycles. The second-order valence-corrected chi connectivity index (χ2v) is 3.70. The van der Waals surface area contributed by atoms with Crippen LogP contribution in [0.1, 0.15) is 26.3 Å². The number of hydrogen-bond donors (Lipinski definition) is 0. The van der Waals surface area contributed by atoms with Gasteiger partial charge < -0.3 is 10.1 Å². The van der Waals surface area contributed by atoms with Crippen molar-refractivity contribution in [2.45, 2.75) is 26.3 Å². The third kappa shape index (κ3) is 2.76. The second-order valence-electron chi connectivity index (χ2n) is 3.29. The quantitative estimate of drug-likeness (QED) is 0.586. The first-order chi connectivity index (χ1) is 6.91. The van der Waals surface area contributed by atoms with Crippen molar-refractivity contribution in [3.63, 3.8) is 0 Å². The summed E-state index contributed by atoms with van der Waals surface area (Å²) >= 11 is 5.61. The Hall–Kier alpha value is -1.43. The molecule has 0 saturated carbocycles. The highest BCUT2D eigenvalue weighted by Crippen LogP contribution is 2.24. The Balaban J connectivity index is 2.91. The molecule has 0 radical (unpaired) electrons. The lowest BCUT2D eigenvalue weighted by atomic mass is 10.2. The van der Waals surface area contributed by atoms with Crippen molar-refractivity contribution in [3.8, 4) is 0 Å². The van der Waals surface area contributed by atoms with E-state index in [4.69, 9.17) is 11.6 Å². The summed E-state index contributed by atoms with van der Waals surface area (Å²) in [5.74, 6) is -0.385. The molecular formula is C8H10ClN3O3. The van der Waals surface area contributed by atoms with E-state index in [0.717, 1.165) is 0 Å². The van der Waals surface area contributed by atoms with E-state index in [0.29, 0.717) is 0 Å². The van der Waals surface area contributed by atoms with Crippen LogP contribution in [0.3, 0.4) is 0 Å². The molecule has 0 bridgehead atoms. The molecule has 1 aromatic rings. The van der Waals surface area contributed by atoms with Crippen LogP contribution in [0.4, 0.5) is 5.82 Å². The average molecular weight is 232 g/mol. The van der Waals surface area contributed by atoms with Crippen LogP contribution in [-0.2, 0) is 4.79 Å². The molecule has 0 fully saturated rings. The molecule has 1 heterocycles. The maximum atomic E-state index is 10.8. The van der Waals surface area contributed by atoms with Crippen LogP contribution in [0, 0.1) is 10.1 Å². The molecule has 6 nitrogen and oxygen atoms in total. The fourth-order valence-corrected chi connectivity index (χ4v) is 1.43. The van der Waals surface area contributed by atoms with Crippen LogP contribution in [0.2, 0.25) is 5.02 Å². The van der Waals surface area contributed by atoms with Gasteiger partial charge in [-0.25, -0.2) is 0 Å². The van der Waals surface area contributed by atoms with E-state index in [2.05, 4.69) is 5.10 Å².